The second-order valence-electron chi connectivity index (χ2n) is 3.65. The van der Waals surface area contributed by atoms with Crippen LogP contribution in [-0.2, 0) is 14.4 Å². The van der Waals surface area contributed by atoms with Gasteiger partial charge in [-0.15, -0.1) is 0 Å². The highest BCUT2D eigenvalue weighted by Gasteiger charge is 2.43. The van der Waals surface area contributed by atoms with Gasteiger partial charge in [0.05, 0.1) is 6.54 Å². The van der Waals surface area contributed by atoms with Crippen LogP contribution in [0.2, 0.25) is 0 Å². The maximum atomic E-state index is 11.4. The van der Waals surface area contributed by atoms with Crippen LogP contribution in [0, 0.1) is 0 Å². The van der Waals surface area contributed by atoms with Gasteiger partial charge in [-0.3, -0.25) is 9.59 Å². The molecule has 6 nitrogen and oxygen atoms in total. The Bertz CT molecular complexity index is 313. The molecule has 1 rings (SSSR count). The van der Waals surface area contributed by atoms with Crippen LogP contribution in [0.4, 0.5) is 0 Å². The standard InChI is InChI=1S/C9H14N2O4S/c1-6(12)10-4-7(13)11-9(8(14)15)2-3-16-5-9/h2-5H2,1H3,(H,10,12)(H,11,13)(H,14,15). The minimum Gasteiger partial charge on any atom is -0.479 e. The first-order chi connectivity index (χ1) is 7.46. The van der Waals surface area contributed by atoms with Crippen molar-refractivity contribution in [2.75, 3.05) is 18.1 Å². The lowest BCUT2D eigenvalue weighted by atomic mass is 9.99. The molecule has 0 bridgehead atoms. The molecule has 1 heterocycles. The third-order valence-corrected chi connectivity index (χ3v) is 3.50. The molecule has 0 aromatic carbocycles. The van der Waals surface area contributed by atoms with Crippen molar-refractivity contribution in [3.8, 4) is 0 Å². The summed E-state index contributed by atoms with van der Waals surface area (Å²) in [5.41, 5.74) is -1.17. The Kier molecular flexibility index (Phi) is 4.17. The van der Waals surface area contributed by atoms with Crippen molar-refractivity contribution in [3.05, 3.63) is 0 Å². The van der Waals surface area contributed by atoms with E-state index >= 15 is 0 Å². The van der Waals surface area contributed by atoms with E-state index in [0.29, 0.717) is 17.9 Å². The molecular weight excluding hydrogens is 232 g/mol. The largest absolute Gasteiger partial charge is 0.479 e. The zero-order valence-electron chi connectivity index (χ0n) is 8.91. The van der Waals surface area contributed by atoms with Gasteiger partial charge in [-0.2, -0.15) is 11.8 Å². The normalized spacial score (nSPS) is 23.8. The molecule has 1 unspecified atom stereocenters. The Morgan fingerprint density at radius 2 is 2.12 bits per heavy atom. The summed E-state index contributed by atoms with van der Waals surface area (Å²) in [7, 11) is 0. The molecule has 1 saturated heterocycles. The summed E-state index contributed by atoms with van der Waals surface area (Å²) in [5.74, 6) is -0.727. The molecule has 90 valence electrons. The van der Waals surface area contributed by atoms with E-state index in [1.807, 2.05) is 0 Å². The van der Waals surface area contributed by atoms with Gasteiger partial charge in [-0.1, -0.05) is 0 Å². The highest BCUT2D eigenvalue weighted by molar-refractivity contribution is 7.99. The molecule has 1 aliphatic rings. The number of carboxylic acids is 1. The van der Waals surface area contributed by atoms with E-state index in [2.05, 4.69) is 10.6 Å². The van der Waals surface area contributed by atoms with Crippen molar-refractivity contribution in [2.24, 2.45) is 0 Å². The Morgan fingerprint density at radius 1 is 1.44 bits per heavy atom. The predicted octanol–water partition coefficient (Wildman–Crippen LogP) is -0.801. The van der Waals surface area contributed by atoms with Gasteiger partial charge in [-0.25, -0.2) is 4.79 Å². The zero-order chi connectivity index (χ0) is 12.2. The quantitative estimate of drug-likeness (QED) is 0.603. The molecule has 7 heteroatoms. The van der Waals surface area contributed by atoms with Crippen LogP contribution in [0.5, 0.6) is 0 Å². The van der Waals surface area contributed by atoms with Gasteiger partial charge in [-0.05, 0) is 12.2 Å². The van der Waals surface area contributed by atoms with E-state index in [0.717, 1.165) is 0 Å². The van der Waals surface area contributed by atoms with Crippen LogP contribution in [0.1, 0.15) is 13.3 Å². The zero-order valence-corrected chi connectivity index (χ0v) is 9.73. The fraction of sp³-hybridized carbons (Fsp3) is 0.667. The summed E-state index contributed by atoms with van der Waals surface area (Å²) < 4.78 is 0. The van der Waals surface area contributed by atoms with Gasteiger partial charge in [0.15, 0.2) is 0 Å². The fourth-order valence-corrected chi connectivity index (χ4v) is 2.73. The van der Waals surface area contributed by atoms with Gasteiger partial charge in [0.1, 0.15) is 5.54 Å². The number of aliphatic carboxylic acids is 1. The molecule has 0 aliphatic carbocycles. The lowest BCUT2D eigenvalue weighted by Gasteiger charge is -2.24. The third kappa shape index (κ3) is 3.13. The molecule has 0 aromatic heterocycles. The van der Waals surface area contributed by atoms with Crippen molar-refractivity contribution in [1.29, 1.82) is 0 Å². The number of thioether (sulfide) groups is 1. The molecule has 1 aliphatic heterocycles. The van der Waals surface area contributed by atoms with Gasteiger partial charge >= 0.3 is 5.97 Å². The molecule has 16 heavy (non-hydrogen) atoms. The lowest BCUT2D eigenvalue weighted by Crippen LogP contribution is -2.56. The van der Waals surface area contributed by atoms with Gasteiger partial charge in [0.25, 0.3) is 0 Å². The molecular formula is C9H14N2O4S. The molecule has 0 spiro atoms. The van der Waals surface area contributed by atoms with Crippen LogP contribution in [0.25, 0.3) is 0 Å². The Labute approximate surface area is 97.2 Å². The van der Waals surface area contributed by atoms with E-state index in [9.17, 15) is 14.4 Å². The van der Waals surface area contributed by atoms with E-state index in [-0.39, 0.29) is 12.5 Å². The van der Waals surface area contributed by atoms with Crippen LogP contribution in [0.3, 0.4) is 0 Å². The first kappa shape index (κ1) is 12.8. The first-order valence-corrected chi connectivity index (χ1v) is 5.98. The van der Waals surface area contributed by atoms with E-state index in [4.69, 9.17) is 5.11 Å². The number of rotatable bonds is 4. The summed E-state index contributed by atoms with van der Waals surface area (Å²) in [4.78, 5) is 33.1. The molecule has 2 amide bonds. The Balaban J connectivity index is 2.52. The average molecular weight is 246 g/mol. The number of hydrogen-bond acceptors (Lipinski definition) is 4. The number of carbonyl (C=O) groups excluding carboxylic acids is 2. The third-order valence-electron chi connectivity index (χ3n) is 2.31. The van der Waals surface area contributed by atoms with Crippen molar-refractivity contribution in [3.63, 3.8) is 0 Å². The highest BCUT2D eigenvalue weighted by atomic mass is 32.2. The lowest BCUT2D eigenvalue weighted by molar-refractivity contribution is -0.146. The summed E-state index contributed by atoms with van der Waals surface area (Å²) in [6.45, 7) is 1.11. The molecule has 1 atom stereocenters. The summed E-state index contributed by atoms with van der Waals surface area (Å²) in [6.07, 6.45) is 0.415. The minimum absolute atomic E-state index is 0.185. The number of hydrogen-bond donors (Lipinski definition) is 3. The number of amides is 2. The average Bonchev–Trinajstić information content (AvgIpc) is 2.64. The second-order valence-corrected chi connectivity index (χ2v) is 4.75. The summed E-state index contributed by atoms with van der Waals surface area (Å²) in [5, 5.41) is 13.9. The summed E-state index contributed by atoms with van der Waals surface area (Å²) >= 11 is 1.49. The maximum absolute atomic E-state index is 11.4. The SMILES string of the molecule is CC(=O)NCC(=O)NC1(C(=O)O)CCSC1. The van der Waals surface area contributed by atoms with Gasteiger partial charge < -0.3 is 15.7 Å². The van der Waals surface area contributed by atoms with Crippen molar-refractivity contribution in [1.82, 2.24) is 10.6 Å². The number of nitrogens with one attached hydrogen (secondary N) is 2. The second kappa shape index (κ2) is 5.20. The minimum atomic E-state index is -1.17. The van der Waals surface area contributed by atoms with Crippen molar-refractivity contribution >= 4 is 29.5 Å². The van der Waals surface area contributed by atoms with E-state index in [1.54, 1.807) is 0 Å². The topological polar surface area (TPSA) is 95.5 Å². The maximum Gasteiger partial charge on any atom is 0.330 e. The summed E-state index contributed by atoms with van der Waals surface area (Å²) in [6, 6.07) is 0. The van der Waals surface area contributed by atoms with Crippen molar-refractivity contribution in [2.45, 2.75) is 18.9 Å². The van der Waals surface area contributed by atoms with Crippen LogP contribution < -0.4 is 10.6 Å². The smallest absolute Gasteiger partial charge is 0.330 e. The monoisotopic (exact) mass is 246 g/mol. The molecule has 0 saturated carbocycles. The van der Waals surface area contributed by atoms with E-state index in [1.165, 1.54) is 18.7 Å². The predicted molar refractivity (Wildman–Crippen MR) is 59.1 cm³/mol. The number of carboxylic acid groups (broad SMARTS) is 1. The van der Waals surface area contributed by atoms with Crippen LogP contribution in [-0.4, -0.2) is 46.5 Å². The molecule has 3 N–H and O–H groups in total. The van der Waals surface area contributed by atoms with Crippen molar-refractivity contribution < 1.29 is 19.5 Å². The highest BCUT2D eigenvalue weighted by Crippen LogP contribution is 2.28. The first-order valence-electron chi connectivity index (χ1n) is 4.83. The Morgan fingerprint density at radius 3 is 2.56 bits per heavy atom. The van der Waals surface area contributed by atoms with Crippen LogP contribution in [0.15, 0.2) is 0 Å². The van der Waals surface area contributed by atoms with Gasteiger partial charge in [0.2, 0.25) is 11.8 Å². The molecule has 0 radical (unpaired) electrons. The molecule has 0 aromatic rings. The number of carbonyl (C=O) groups is 3. The fourth-order valence-electron chi connectivity index (χ4n) is 1.40. The van der Waals surface area contributed by atoms with E-state index < -0.39 is 17.4 Å². The van der Waals surface area contributed by atoms with Crippen LogP contribution >= 0.6 is 11.8 Å². The Hall–Kier alpha value is -1.24. The van der Waals surface area contributed by atoms with Gasteiger partial charge in [0, 0.05) is 12.7 Å². The molecule has 1 fully saturated rings.